The summed E-state index contributed by atoms with van der Waals surface area (Å²) < 4.78 is 2.98. The summed E-state index contributed by atoms with van der Waals surface area (Å²) in [5.74, 6) is 0.671. The number of aromatic nitrogens is 2. The Morgan fingerprint density at radius 2 is 2.44 bits per heavy atom. The minimum atomic E-state index is 0.615. The van der Waals surface area contributed by atoms with Crippen LogP contribution in [0.3, 0.4) is 0 Å². The molecule has 5 heteroatoms. The van der Waals surface area contributed by atoms with Crippen LogP contribution >= 0.6 is 15.9 Å². The van der Waals surface area contributed by atoms with E-state index in [4.69, 9.17) is 5.73 Å². The second-order valence-electron chi connectivity index (χ2n) is 4.41. The summed E-state index contributed by atoms with van der Waals surface area (Å²) in [6.45, 7) is 2.69. The Morgan fingerprint density at radius 1 is 1.56 bits per heavy atom. The summed E-state index contributed by atoms with van der Waals surface area (Å²) in [4.78, 5) is 0. The predicted octanol–water partition coefficient (Wildman–Crippen LogP) is 1.36. The monoisotopic (exact) mass is 286 g/mol. The van der Waals surface area contributed by atoms with E-state index in [0.29, 0.717) is 12.0 Å². The second-order valence-corrected chi connectivity index (χ2v) is 5.32. The lowest BCUT2D eigenvalue weighted by atomic mass is 10.0. The van der Waals surface area contributed by atoms with E-state index in [0.717, 1.165) is 24.1 Å². The second kappa shape index (κ2) is 5.80. The van der Waals surface area contributed by atoms with Gasteiger partial charge in [-0.3, -0.25) is 4.68 Å². The number of rotatable bonds is 5. The van der Waals surface area contributed by atoms with Crippen LogP contribution in [0.1, 0.15) is 19.3 Å². The van der Waals surface area contributed by atoms with E-state index in [1.165, 1.54) is 19.3 Å². The SMILES string of the molecule is NCC1CCCC1NCCn1cc(Br)cn1. The van der Waals surface area contributed by atoms with Gasteiger partial charge in [0.1, 0.15) is 0 Å². The lowest BCUT2D eigenvalue weighted by Crippen LogP contribution is -2.37. The first kappa shape index (κ1) is 12.1. The van der Waals surface area contributed by atoms with Crippen LogP contribution < -0.4 is 11.1 Å². The molecule has 2 atom stereocenters. The normalized spacial score (nSPS) is 25.1. The molecule has 3 N–H and O–H groups in total. The number of nitrogens with two attached hydrogens (primary N) is 1. The molecule has 0 amide bonds. The molecule has 2 unspecified atom stereocenters. The topological polar surface area (TPSA) is 55.9 Å². The van der Waals surface area contributed by atoms with Crippen molar-refractivity contribution in [2.45, 2.75) is 31.8 Å². The number of hydrogen-bond acceptors (Lipinski definition) is 3. The van der Waals surface area contributed by atoms with E-state index >= 15 is 0 Å². The third-order valence-corrected chi connectivity index (χ3v) is 3.72. The molecular weight excluding hydrogens is 268 g/mol. The van der Waals surface area contributed by atoms with Gasteiger partial charge in [-0.1, -0.05) is 6.42 Å². The Labute approximate surface area is 105 Å². The molecule has 1 aromatic heterocycles. The van der Waals surface area contributed by atoms with Crippen LogP contribution in [-0.4, -0.2) is 28.9 Å². The fraction of sp³-hybridized carbons (Fsp3) is 0.727. The molecule has 0 bridgehead atoms. The van der Waals surface area contributed by atoms with E-state index in [9.17, 15) is 0 Å². The van der Waals surface area contributed by atoms with Crippen LogP contribution in [0.5, 0.6) is 0 Å². The van der Waals surface area contributed by atoms with Crippen molar-refractivity contribution in [3.05, 3.63) is 16.9 Å². The van der Waals surface area contributed by atoms with E-state index < -0.39 is 0 Å². The van der Waals surface area contributed by atoms with Gasteiger partial charge in [-0.25, -0.2) is 0 Å². The van der Waals surface area contributed by atoms with Crippen LogP contribution in [0.25, 0.3) is 0 Å². The van der Waals surface area contributed by atoms with Gasteiger partial charge in [0.2, 0.25) is 0 Å². The molecule has 90 valence electrons. The molecule has 1 heterocycles. The van der Waals surface area contributed by atoms with E-state index in [1.54, 1.807) is 0 Å². The van der Waals surface area contributed by atoms with Gasteiger partial charge in [0.05, 0.1) is 17.2 Å². The minimum Gasteiger partial charge on any atom is -0.330 e. The highest BCUT2D eigenvalue weighted by Gasteiger charge is 2.24. The minimum absolute atomic E-state index is 0.615. The smallest absolute Gasteiger partial charge is 0.0632 e. The summed E-state index contributed by atoms with van der Waals surface area (Å²) in [6, 6.07) is 0.615. The molecule has 0 spiro atoms. The Bertz CT molecular complexity index is 326. The van der Waals surface area contributed by atoms with Gasteiger partial charge in [0, 0.05) is 18.8 Å². The maximum absolute atomic E-state index is 5.75. The number of halogens is 1. The van der Waals surface area contributed by atoms with Crippen molar-refractivity contribution in [1.82, 2.24) is 15.1 Å². The summed E-state index contributed by atoms with van der Waals surface area (Å²) in [6.07, 6.45) is 7.67. The van der Waals surface area contributed by atoms with Gasteiger partial charge in [-0.15, -0.1) is 0 Å². The molecule has 0 radical (unpaired) electrons. The number of nitrogens with one attached hydrogen (secondary N) is 1. The summed E-state index contributed by atoms with van der Waals surface area (Å²) in [5.41, 5.74) is 5.75. The summed E-state index contributed by atoms with van der Waals surface area (Å²) >= 11 is 3.39. The molecule has 0 aromatic carbocycles. The average molecular weight is 287 g/mol. The van der Waals surface area contributed by atoms with Gasteiger partial charge in [-0.2, -0.15) is 5.10 Å². The Morgan fingerprint density at radius 3 is 3.12 bits per heavy atom. The average Bonchev–Trinajstić information content (AvgIpc) is 2.87. The largest absolute Gasteiger partial charge is 0.330 e. The third-order valence-electron chi connectivity index (χ3n) is 3.31. The molecule has 1 aromatic rings. The molecule has 1 saturated carbocycles. The van der Waals surface area contributed by atoms with Crippen LogP contribution in [0, 0.1) is 5.92 Å². The molecular formula is C11H19BrN4. The van der Waals surface area contributed by atoms with Crippen LogP contribution in [0.2, 0.25) is 0 Å². The molecule has 1 fully saturated rings. The predicted molar refractivity (Wildman–Crippen MR) is 68.1 cm³/mol. The van der Waals surface area contributed by atoms with Gasteiger partial charge in [0.25, 0.3) is 0 Å². The zero-order chi connectivity index (χ0) is 11.4. The standard InChI is InChI=1S/C11H19BrN4/c12-10-7-15-16(8-10)5-4-14-11-3-1-2-9(11)6-13/h7-9,11,14H,1-6,13H2. The van der Waals surface area contributed by atoms with Gasteiger partial charge in [-0.05, 0) is 41.2 Å². The molecule has 16 heavy (non-hydrogen) atoms. The molecule has 1 aliphatic rings. The Hall–Kier alpha value is -0.390. The van der Waals surface area contributed by atoms with Crippen LogP contribution in [0.15, 0.2) is 16.9 Å². The number of hydrogen-bond donors (Lipinski definition) is 2. The van der Waals surface area contributed by atoms with Crippen molar-refractivity contribution in [1.29, 1.82) is 0 Å². The van der Waals surface area contributed by atoms with Crippen molar-refractivity contribution in [3.63, 3.8) is 0 Å². The Kier molecular flexibility index (Phi) is 4.37. The molecule has 0 saturated heterocycles. The molecule has 2 rings (SSSR count). The lowest BCUT2D eigenvalue weighted by molar-refractivity contribution is 0.394. The highest BCUT2D eigenvalue weighted by Crippen LogP contribution is 2.24. The maximum atomic E-state index is 5.75. The zero-order valence-corrected chi connectivity index (χ0v) is 11.0. The first-order valence-corrected chi connectivity index (χ1v) is 6.70. The molecule has 1 aliphatic carbocycles. The first-order valence-electron chi connectivity index (χ1n) is 5.91. The zero-order valence-electron chi connectivity index (χ0n) is 9.40. The van der Waals surface area contributed by atoms with Gasteiger partial charge >= 0.3 is 0 Å². The summed E-state index contributed by atoms with van der Waals surface area (Å²) in [5, 5.41) is 7.81. The fourth-order valence-electron chi connectivity index (χ4n) is 2.41. The van der Waals surface area contributed by atoms with E-state index in [2.05, 4.69) is 26.3 Å². The first-order chi connectivity index (χ1) is 7.79. The summed E-state index contributed by atoms with van der Waals surface area (Å²) in [7, 11) is 0. The van der Waals surface area contributed by atoms with Crippen molar-refractivity contribution >= 4 is 15.9 Å². The van der Waals surface area contributed by atoms with Crippen LogP contribution in [-0.2, 0) is 6.54 Å². The fourth-order valence-corrected chi connectivity index (χ4v) is 2.74. The highest BCUT2D eigenvalue weighted by atomic mass is 79.9. The third kappa shape index (κ3) is 3.06. The van der Waals surface area contributed by atoms with Crippen molar-refractivity contribution in [2.24, 2.45) is 11.7 Å². The maximum Gasteiger partial charge on any atom is 0.0632 e. The van der Waals surface area contributed by atoms with E-state index in [1.807, 2.05) is 17.1 Å². The van der Waals surface area contributed by atoms with Gasteiger partial charge in [0.15, 0.2) is 0 Å². The number of nitrogens with zero attached hydrogens (tertiary/aromatic N) is 2. The van der Waals surface area contributed by atoms with Crippen molar-refractivity contribution in [3.8, 4) is 0 Å². The lowest BCUT2D eigenvalue weighted by Gasteiger charge is -2.19. The quantitative estimate of drug-likeness (QED) is 0.860. The molecule has 0 aliphatic heterocycles. The van der Waals surface area contributed by atoms with Gasteiger partial charge < -0.3 is 11.1 Å². The Balaban J connectivity index is 1.71. The molecule has 4 nitrogen and oxygen atoms in total. The van der Waals surface area contributed by atoms with Crippen molar-refractivity contribution < 1.29 is 0 Å². The highest BCUT2D eigenvalue weighted by molar-refractivity contribution is 9.10. The van der Waals surface area contributed by atoms with Crippen molar-refractivity contribution in [2.75, 3.05) is 13.1 Å². The van der Waals surface area contributed by atoms with E-state index in [-0.39, 0.29) is 0 Å². The van der Waals surface area contributed by atoms with Crippen LogP contribution in [0.4, 0.5) is 0 Å².